The van der Waals surface area contributed by atoms with Gasteiger partial charge in [-0.05, 0) is 100 Å². The summed E-state index contributed by atoms with van der Waals surface area (Å²) < 4.78 is 10.7. The van der Waals surface area contributed by atoms with Crippen molar-refractivity contribution in [2.24, 2.45) is 0 Å². The molecular formula is C35H62N6O7. The van der Waals surface area contributed by atoms with Crippen LogP contribution in [0.5, 0.6) is 0 Å². The number of rotatable bonds is 6. The zero-order valence-corrected chi connectivity index (χ0v) is 30.6. The zero-order valence-electron chi connectivity index (χ0n) is 30.6. The zero-order chi connectivity index (χ0) is 35.5. The lowest BCUT2D eigenvalue weighted by molar-refractivity contribution is -0.144. The lowest BCUT2D eigenvalue weighted by Gasteiger charge is -2.42. The minimum absolute atomic E-state index is 0.207. The van der Waals surface area contributed by atoms with E-state index < -0.39 is 11.2 Å². The summed E-state index contributed by atoms with van der Waals surface area (Å²) in [5, 5.41) is 6.66. The van der Waals surface area contributed by atoms with E-state index in [1.165, 1.54) is 0 Å². The van der Waals surface area contributed by atoms with Crippen molar-refractivity contribution in [2.45, 2.75) is 136 Å². The Morgan fingerprint density at radius 3 is 1.46 bits per heavy atom. The normalized spacial score (nSPS) is 21.2. The molecule has 5 rings (SSSR count). The number of ketones is 1. The molecule has 5 aliphatic heterocycles. The third-order valence-electron chi connectivity index (χ3n) is 9.14. The molecule has 5 fully saturated rings. The van der Waals surface area contributed by atoms with Crippen LogP contribution in [-0.4, -0.2) is 138 Å². The van der Waals surface area contributed by atoms with E-state index in [9.17, 15) is 24.0 Å². The minimum atomic E-state index is -0.443. The van der Waals surface area contributed by atoms with E-state index >= 15 is 0 Å². The van der Waals surface area contributed by atoms with E-state index in [4.69, 9.17) is 9.47 Å². The molecule has 13 nitrogen and oxygen atoms in total. The molecule has 4 amide bonds. The summed E-state index contributed by atoms with van der Waals surface area (Å²) in [6, 6.07) is 1.28. The number of piperidine rings is 3. The van der Waals surface area contributed by atoms with Crippen molar-refractivity contribution in [3.8, 4) is 0 Å². The van der Waals surface area contributed by atoms with Gasteiger partial charge in [-0.15, -0.1) is 0 Å². The summed E-state index contributed by atoms with van der Waals surface area (Å²) in [5.74, 6) is 0.821. The molecule has 0 aromatic heterocycles. The number of carbonyl (C=O) groups is 5. The largest absolute Gasteiger partial charge is 0.444 e. The predicted octanol–water partition coefficient (Wildman–Crippen LogP) is 3.54. The molecule has 5 heterocycles. The van der Waals surface area contributed by atoms with Crippen LogP contribution in [0.2, 0.25) is 0 Å². The SMILES string of the molecule is CC(=O)CCNC1CCN(C(=O)OC(C)(C)C)CC1.CC(C)(C)OC(=O)N1CCC(N2CCC2=O)CC1.O=C1CCN1C1CCNCC1. The molecular weight excluding hydrogens is 616 g/mol. The van der Waals surface area contributed by atoms with Gasteiger partial charge in [-0.25, -0.2) is 9.59 Å². The fourth-order valence-electron chi connectivity index (χ4n) is 6.29. The predicted molar refractivity (Wildman–Crippen MR) is 184 cm³/mol. The second kappa shape index (κ2) is 18.2. The van der Waals surface area contributed by atoms with Crippen LogP contribution < -0.4 is 10.6 Å². The Balaban J connectivity index is 0.000000202. The molecule has 0 radical (unpaired) electrons. The molecule has 13 heteroatoms. The molecule has 0 atom stereocenters. The van der Waals surface area contributed by atoms with Crippen LogP contribution in [0, 0.1) is 0 Å². The highest BCUT2D eigenvalue weighted by Gasteiger charge is 2.35. The number of amides is 4. The van der Waals surface area contributed by atoms with Crippen molar-refractivity contribution >= 4 is 29.8 Å². The summed E-state index contributed by atoms with van der Waals surface area (Å²) in [4.78, 5) is 64.4. The highest BCUT2D eigenvalue weighted by molar-refractivity contribution is 5.82. The van der Waals surface area contributed by atoms with Gasteiger partial charge in [0.15, 0.2) is 0 Å². The quantitative estimate of drug-likeness (QED) is 0.404. The van der Waals surface area contributed by atoms with Crippen LogP contribution in [0.15, 0.2) is 0 Å². The molecule has 48 heavy (non-hydrogen) atoms. The van der Waals surface area contributed by atoms with Crippen molar-refractivity contribution in [3.63, 3.8) is 0 Å². The van der Waals surface area contributed by atoms with Crippen LogP contribution in [0.3, 0.4) is 0 Å². The molecule has 274 valence electrons. The fraction of sp³-hybridized carbons (Fsp3) is 0.857. The number of hydrogen-bond donors (Lipinski definition) is 2. The highest BCUT2D eigenvalue weighted by atomic mass is 16.6. The first-order valence-corrected chi connectivity index (χ1v) is 18.0. The summed E-state index contributed by atoms with van der Waals surface area (Å²) >= 11 is 0. The summed E-state index contributed by atoms with van der Waals surface area (Å²) in [6.07, 6.45) is 7.43. The maximum atomic E-state index is 11.9. The van der Waals surface area contributed by atoms with E-state index in [1.807, 2.05) is 51.3 Å². The van der Waals surface area contributed by atoms with Crippen LogP contribution in [0.1, 0.15) is 106 Å². The lowest BCUT2D eigenvalue weighted by Crippen LogP contribution is -2.54. The second-order valence-electron chi connectivity index (χ2n) is 15.5. The van der Waals surface area contributed by atoms with Crippen LogP contribution in [0.4, 0.5) is 9.59 Å². The maximum absolute atomic E-state index is 11.9. The maximum Gasteiger partial charge on any atom is 0.410 e. The minimum Gasteiger partial charge on any atom is -0.444 e. The molecule has 0 bridgehead atoms. The molecule has 0 aromatic carbocycles. The first-order chi connectivity index (χ1) is 22.5. The molecule has 5 aliphatic rings. The molecule has 0 spiro atoms. The fourth-order valence-corrected chi connectivity index (χ4v) is 6.29. The van der Waals surface area contributed by atoms with Crippen molar-refractivity contribution in [1.29, 1.82) is 0 Å². The molecule has 0 aliphatic carbocycles. The second-order valence-corrected chi connectivity index (χ2v) is 15.5. The van der Waals surface area contributed by atoms with Gasteiger partial charge < -0.3 is 39.7 Å². The molecule has 5 saturated heterocycles. The third kappa shape index (κ3) is 13.5. The van der Waals surface area contributed by atoms with Gasteiger partial charge in [-0.2, -0.15) is 0 Å². The Labute approximate surface area is 287 Å². The summed E-state index contributed by atoms with van der Waals surface area (Å²) in [7, 11) is 0. The van der Waals surface area contributed by atoms with Crippen molar-refractivity contribution in [3.05, 3.63) is 0 Å². The number of β-lactam (4-membered cyclic amide) rings is 2. The molecule has 0 saturated carbocycles. The number of hydrogen-bond acceptors (Lipinski definition) is 9. The average molecular weight is 679 g/mol. The summed E-state index contributed by atoms with van der Waals surface area (Å²) in [6.45, 7) is 20.4. The number of nitrogens with one attached hydrogen (secondary N) is 2. The Morgan fingerprint density at radius 2 is 1.10 bits per heavy atom. The Bertz CT molecular complexity index is 1080. The van der Waals surface area contributed by atoms with E-state index in [0.29, 0.717) is 63.1 Å². The van der Waals surface area contributed by atoms with E-state index in [2.05, 4.69) is 10.6 Å². The Morgan fingerprint density at radius 1 is 0.688 bits per heavy atom. The van der Waals surface area contributed by atoms with Gasteiger partial charge in [0, 0.05) is 83.2 Å². The topological polar surface area (TPSA) is 141 Å². The number of ether oxygens (including phenoxy) is 2. The van der Waals surface area contributed by atoms with E-state index in [0.717, 1.165) is 77.7 Å². The van der Waals surface area contributed by atoms with Gasteiger partial charge in [0.25, 0.3) is 0 Å². The highest BCUT2D eigenvalue weighted by Crippen LogP contribution is 2.24. The number of likely N-dealkylation sites (tertiary alicyclic amines) is 4. The van der Waals surface area contributed by atoms with Crippen LogP contribution in [-0.2, 0) is 23.9 Å². The Kier molecular flexibility index (Phi) is 15.0. The van der Waals surface area contributed by atoms with Gasteiger partial charge in [0.1, 0.15) is 17.0 Å². The van der Waals surface area contributed by atoms with Crippen molar-refractivity contribution in [1.82, 2.24) is 30.2 Å². The van der Waals surface area contributed by atoms with Crippen LogP contribution in [0.25, 0.3) is 0 Å². The first kappa shape index (κ1) is 39.5. The standard InChI is InChI=1S/C14H26N2O3.C13H22N2O3.C8H14N2O/c1-11(17)5-8-15-12-6-9-16(10-7-12)13(18)19-14(2,3)4;1-13(2,3)18-12(17)14-7-4-10(5-8-14)15-9-6-11(15)16;11-8-3-6-10(8)7-1-4-9-5-2-7/h12,15H,5-10H2,1-4H3;10H,4-9H2,1-3H3;7,9H,1-6H2. The van der Waals surface area contributed by atoms with Gasteiger partial charge in [0.2, 0.25) is 11.8 Å². The van der Waals surface area contributed by atoms with Crippen LogP contribution >= 0.6 is 0 Å². The molecule has 0 aromatic rings. The first-order valence-electron chi connectivity index (χ1n) is 18.0. The smallest absolute Gasteiger partial charge is 0.410 e. The third-order valence-corrected chi connectivity index (χ3v) is 9.14. The van der Waals surface area contributed by atoms with Crippen molar-refractivity contribution in [2.75, 3.05) is 58.9 Å². The van der Waals surface area contributed by atoms with E-state index in [-0.39, 0.29) is 23.9 Å². The van der Waals surface area contributed by atoms with Gasteiger partial charge in [0.05, 0.1) is 0 Å². The van der Waals surface area contributed by atoms with Gasteiger partial charge >= 0.3 is 12.2 Å². The Hall–Kier alpha value is -2.93. The van der Waals surface area contributed by atoms with Gasteiger partial charge in [-0.1, -0.05) is 0 Å². The number of carbonyl (C=O) groups excluding carboxylic acids is 5. The molecule has 2 N–H and O–H groups in total. The average Bonchev–Trinajstić information content (AvgIpc) is 2.99. The number of Topliss-reactive ketones (excluding diaryl/α,β-unsaturated/α-hetero) is 1. The number of nitrogens with zero attached hydrogens (tertiary/aromatic N) is 4. The van der Waals surface area contributed by atoms with Crippen molar-refractivity contribution < 1.29 is 33.4 Å². The van der Waals surface area contributed by atoms with Gasteiger partial charge in [-0.3, -0.25) is 14.4 Å². The summed E-state index contributed by atoms with van der Waals surface area (Å²) in [5.41, 5.74) is -0.880. The monoisotopic (exact) mass is 678 g/mol. The lowest BCUT2D eigenvalue weighted by atomic mass is 9.99. The van der Waals surface area contributed by atoms with E-state index in [1.54, 1.807) is 16.7 Å². The molecule has 0 unspecified atom stereocenters.